The number of carboxylic acid groups (broad SMARTS) is 1. The van der Waals surface area contributed by atoms with Gasteiger partial charge in [0.25, 0.3) is 0 Å². The molecule has 116 valence electrons. The second-order valence-corrected chi connectivity index (χ2v) is 4.78. The molecular weight excluding hydrogens is 262 g/mol. The summed E-state index contributed by atoms with van der Waals surface area (Å²) in [7, 11) is 0. The molecule has 0 aliphatic rings. The number of amides is 3. The Hall–Kier alpha value is -1.79. The minimum atomic E-state index is -1.07. The molecule has 0 bridgehead atoms. The number of nitrogens with one attached hydrogen (secondary N) is 2. The first-order chi connectivity index (χ1) is 9.33. The van der Waals surface area contributed by atoms with E-state index >= 15 is 0 Å². The van der Waals surface area contributed by atoms with Crippen LogP contribution in [0.2, 0.25) is 0 Å². The third-order valence-corrected chi connectivity index (χ3v) is 2.96. The zero-order chi connectivity index (χ0) is 15.7. The second kappa shape index (κ2) is 9.17. The molecule has 0 saturated heterocycles. The third kappa shape index (κ3) is 6.40. The monoisotopic (exact) mass is 287 g/mol. The summed E-state index contributed by atoms with van der Waals surface area (Å²) in [6, 6.07) is -1.51. The molecule has 0 aromatic rings. The van der Waals surface area contributed by atoms with Gasteiger partial charge < -0.3 is 20.6 Å². The molecule has 0 aliphatic carbocycles. The SMILES string of the molecule is CCN(CC)C(=O)CCNC(=O)N[C@@H](C(=O)O)C(C)C. The zero-order valence-electron chi connectivity index (χ0n) is 12.6. The predicted octanol–water partition coefficient (Wildman–Crippen LogP) is 0.653. The highest BCUT2D eigenvalue weighted by molar-refractivity contribution is 5.83. The van der Waals surface area contributed by atoms with Crippen LogP contribution in [0.5, 0.6) is 0 Å². The Morgan fingerprint density at radius 1 is 1.15 bits per heavy atom. The Labute approximate surface area is 119 Å². The van der Waals surface area contributed by atoms with Crippen LogP contribution in [-0.4, -0.2) is 53.6 Å². The lowest BCUT2D eigenvalue weighted by Crippen LogP contribution is -2.49. The van der Waals surface area contributed by atoms with Crippen LogP contribution in [0.4, 0.5) is 4.79 Å². The highest BCUT2D eigenvalue weighted by Crippen LogP contribution is 2.01. The van der Waals surface area contributed by atoms with Gasteiger partial charge in [-0.15, -0.1) is 0 Å². The van der Waals surface area contributed by atoms with Gasteiger partial charge in [-0.2, -0.15) is 0 Å². The normalized spacial score (nSPS) is 11.8. The Morgan fingerprint density at radius 2 is 1.70 bits per heavy atom. The highest BCUT2D eigenvalue weighted by atomic mass is 16.4. The van der Waals surface area contributed by atoms with Gasteiger partial charge in [-0.1, -0.05) is 13.8 Å². The molecule has 0 saturated carbocycles. The number of hydrogen-bond acceptors (Lipinski definition) is 3. The summed E-state index contributed by atoms with van der Waals surface area (Å²) < 4.78 is 0. The number of hydrogen-bond donors (Lipinski definition) is 3. The van der Waals surface area contributed by atoms with Crippen LogP contribution >= 0.6 is 0 Å². The van der Waals surface area contributed by atoms with E-state index in [9.17, 15) is 14.4 Å². The molecule has 0 aliphatic heterocycles. The maximum absolute atomic E-state index is 11.7. The fraction of sp³-hybridized carbons (Fsp3) is 0.769. The molecule has 7 nitrogen and oxygen atoms in total. The maximum Gasteiger partial charge on any atom is 0.326 e. The summed E-state index contributed by atoms with van der Waals surface area (Å²) in [6.07, 6.45) is 0.203. The number of carboxylic acids is 1. The van der Waals surface area contributed by atoms with Crippen LogP contribution in [0.1, 0.15) is 34.1 Å². The Morgan fingerprint density at radius 3 is 2.10 bits per heavy atom. The molecule has 0 aromatic heterocycles. The molecule has 0 unspecified atom stereocenters. The standard InChI is InChI=1S/C13H25N3O4/c1-5-16(6-2)10(17)7-8-14-13(20)15-11(9(3)4)12(18)19/h9,11H,5-8H2,1-4H3,(H,18,19)(H2,14,15,20)/t11-/m1/s1. The number of aliphatic carboxylic acids is 1. The Kier molecular flexibility index (Phi) is 8.35. The van der Waals surface area contributed by atoms with Crippen LogP contribution in [0, 0.1) is 5.92 Å². The van der Waals surface area contributed by atoms with E-state index in [1.165, 1.54) is 0 Å². The molecule has 0 fully saturated rings. The molecule has 0 heterocycles. The summed E-state index contributed by atoms with van der Waals surface area (Å²) in [5, 5.41) is 13.8. The summed E-state index contributed by atoms with van der Waals surface area (Å²) in [5.41, 5.74) is 0. The first kappa shape index (κ1) is 18.2. The van der Waals surface area contributed by atoms with Crippen molar-refractivity contribution in [1.82, 2.24) is 15.5 Å². The van der Waals surface area contributed by atoms with Gasteiger partial charge in [0, 0.05) is 26.1 Å². The summed E-state index contributed by atoms with van der Waals surface area (Å²) in [4.78, 5) is 35.8. The molecule has 0 aromatic carbocycles. The first-order valence-corrected chi connectivity index (χ1v) is 6.88. The average molecular weight is 287 g/mol. The van der Waals surface area contributed by atoms with Crippen molar-refractivity contribution in [3.05, 3.63) is 0 Å². The lowest BCUT2D eigenvalue weighted by Gasteiger charge is -2.20. The van der Waals surface area contributed by atoms with Gasteiger partial charge in [0.05, 0.1) is 0 Å². The van der Waals surface area contributed by atoms with Crippen molar-refractivity contribution in [3.8, 4) is 0 Å². The van der Waals surface area contributed by atoms with Gasteiger partial charge in [-0.05, 0) is 19.8 Å². The van der Waals surface area contributed by atoms with Gasteiger partial charge in [0.15, 0.2) is 0 Å². The second-order valence-electron chi connectivity index (χ2n) is 4.78. The Bertz CT molecular complexity index is 341. The van der Waals surface area contributed by atoms with Gasteiger partial charge in [0.1, 0.15) is 6.04 Å². The van der Waals surface area contributed by atoms with Gasteiger partial charge in [-0.3, -0.25) is 4.79 Å². The average Bonchev–Trinajstić information content (AvgIpc) is 2.36. The van der Waals surface area contributed by atoms with E-state index in [1.54, 1.807) is 18.7 Å². The van der Waals surface area contributed by atoms with E-state index in [1.807, 2.05) is 13.8 Å². The first-order valence-electron chi connectivity index (χ1n) is 6.88. The van der Waals surface area contributed by atoms with Crippen molar-refractivity contribution in [3.63, 3.8) is 0 Å². The molecule has 3 N–H and O–H groups in total. The predicted molar refractivity (Wildman–Crippen MR) is 75.3 cm³/mol. The number of carbonyl (C=O) groups excluding carboxylic acids is 2. The zero-order valence-corrected chi connectivity index (χ0v) is 12.6. The fourth-order valence-corrected chi connectivity index (χ4v) is 1.72. The van der Waals surface area contributed by atoms with Crippen molar-refractivity contribution < 1.29 is 19.5 Å². The van der Waals surface area contributed by atoms with Crippen molar-refractivity contribution in [2.45, 2.75) is 40.2 Å². The summed E-state index contributed by atoms with van der Waals surface area (Å²) in [6.45, 7) is 8.66. The van der Waals surface area contributed by atoms with Gasteiger partial charge in [0.2, 0.25) is 5.91 Å². The van der Waals surface area contributed by atoms with E-state index in [-0.39, 0.29) is 24.8 Å². The topological polar surface area (TPSA) is 98.7 Å². The molecule has 3 amide bonds. The Balaban J connectivity index is 4.11. The van der Waals surface area contributed by atoms with E-state index in [2.05, 4.69) is 10.6 Å². The molecule has 7 heteroatoms. The minimum absolute atomic E-state index is 0.0334. The molecule has 20 heavy (non-hydrogen) atoms. The van der Waals surface area contributed by atoms with Crippen molar-refractivity contribution in [1.29, 1.82) is 0 Å². The van der Waals surface area contributed by atoms with Crippen molar-refractivity contribution >= 4 is 17.9 Å². The quantitative estimate of drug-likeness (QED) is 0.610. The number of rotatable bonds is 8. The molecule has 0 spiro atoms. The van der Waals surface area contributed by atoms with E-state index in [0.29, 0.717) is 13.1 Å². The van der Waals surface area contributed by atoms with Crippen LogP contribution < -0.4 is 10.6 Å². The highest BCUT2D eigenvalue weighted by Gasteiger charge is 2.23. The van der Waals surface area contributed by atoms with Crippen LogP contribution in [0.25, 0.3) is 0 Å². The lowest BCUT2D eigenvalue weighted by atomic mass is 10.1. The molecule has 0 rings (SSSR count). The van der Waals surface area contributed by atoms with Crippen molar-refractivity contribution in [2.24, 2.45) is 5.92 Å². The minimum Gasteiger partial charge on any atom is -0.480 e. The van der Waals surface area contributed by atoms with Gasteiger partial charge in [-0.25, -0.2) is 9.59 Å². The molecule has 1 atom stereocenters. The summed E-state index contributed by atoms with van der Waals surface area (Å²) in [5.74, 6) is -1.32. The number of urea groups is 1. The largest absolute Gasteiger partial charge is 0.480 e. The number of nitrogens with zero attached hydrogens (tertiary/aromatic N) is 1. The maximum atomic E-state index is 11.7. The van der Waals surface area contributed by atoms with Crippen molar-refractivity contribution in [2.75, 3.05) is 19.6 Å². The molecule has 0 radical (unpaired) electrons. The van der Waals surface area contributed by atoms with E-state index in [0.717, 1.165) is 0 Å². The van der Waals surface area contributed by atoms with Crippen LogP contribution in [0.3, 0.4) is 0 Å². The summed E-state index contributed by atoms with van der Waals surface area (Å²) >= 11 is 0. The van der Waals surface area contributed by atoms with E-state index in [4.69, 9.17) is 5.11 Å². The third-order valence-electron chi connectivity index (χ3n) is 2.96. The van der Waals surface area contributed by atoms with Crippen LogP contribution in [-0.2, 0) is 9.59 Å². The number of carbonyl (C=O) groups is 3. The smallest absolute Gasteiger partial charge is 0.326 e. The van der Waals surface area contributed by atoms with E-state index < -0.39 is 18.0 Å². The van der Waals surface area contributed by atoms with Gasteiger partial charge >= 0.3 is 12.0 Å². The lowest BCUT2D eigenvalue weighted by molar-refractivity contribution is -0.140. The van der Waals surface area contributed by atoms with Crippen LogP contribution in [0.15, 0.2) is 0 Å². The fourth-order valence-electron chi connectivity index (χ4n) is 1.72. The molecular formula is C13H25N3O4.